The Labute approximate surface area is 133 Å². The highest BCUT2D eigenvalue weighted by atomic mass is 32.2. The minimum absolute atomic E-state index is 0.101. The Morgan fingerprint density at radius 2 is 2.04 bits per heavy atom. The molecule has 1 aromatic carbocycles. The summed E-state index contributed by atoms with van der Waals surface area (Å²) in [6.07, 6.45) is 2.90. The Balaban J connectivity index is 2.65. The second-order valence-electron chi connectivity index (χ2n) is 5.01. The summed E-state index contributed by atoms with van der Waals surface area (Å²) in [5, 5.41) is 23.2. The summed E-state index contributed by atoms with van der Waals surface area (Å²) in [5.41, 5.74) is 0.291. The smallest absolute Gasteiger partial charge is 0.339 e. The van der Waals surface area contributed by atoms with Crippen LogP contribution >= 0.6 is 0 Å². The molecule has 2 N–H and O–H groups in total. The Bertz CT molecular complexity index is 857. The van der Waals surface area contributed by atoms with Crippen molar-refractivity contribution in [1.29, 1.82) is 0 Å². The van der Waals surface area contributed by atoms with Crippen LogP contribution in [-0.4, -0.2) is 40.9 Å². The molecule has 0 radical (unpaired) electrons. The van der Waals surface area contributed by atoms with Crippen LogP contribution in [0, 0.1) is 6.92 Å². The highest BCUT2D eigenvalue weighted by molar-refractivity contribution is 7.93. The summed E-state index contributed by atoms with van der Waals surface area (Å²) in [7, 11) is -2.48. The van der Waals surface area contributed by atoms with Gasteiger partial charge in [0.05, 0.1) is 11.9 Å². The maximum absolute atomic E-state index is 12.9. The number of sulfonamides is 1. The van der Waals surface area contributed by atoms with Gasteiger partial charge in [-0.05, 0) is 31.5 Å². The van der Waals surface area contributed by atoms with Crippen LogP contribution in [0.2, 0.25) is 0 Å². The van der Waals surface area contributed by atoms with E-state index < -0.39 is 32.2 Å². The van der Waals surface area contributed by atoms with Gasteiger partial charge >= 0.3 is 5.97 Å². The molecule has 0 atom stereocenters. The quantitative estimate of drug-likeness (QED) is 0.850. The number of aromatic nitrogens is 2. The van der Waals surface area contributed by atoms with E-state index >= 15 is 0 Å². The third kappa shape index (κ3) is 3.00. The fraction of sp³-hybridized carbons (Fsp3) is 0.286. The van der Waals surface area contributed by atoms with Gasteiger partial charge in [-0.3, -0.25) is 8.99 Å². The molecule has 1 heterocycles. The molecule has 1 aromatic heterocycles. The van der Waals surface area contributed by atoms with Crippen LogP contribution in [0.3, 0.4) is 0 Å². The van der Waals surface area contributed by atoms with E-state index in [2.05, 4.69) is 5.10 Å². The second-order valence-corrected chi connectivity index (χ2v) is 6.84. The van der Waals surface area contributed by atoms with Crippen LogP contribution in [0.5, 0.6) is 5.75 Å². The molecular weight excluding hydrogens is 322 g/mol. The van der Waals surface area contributed by atoms with Crippen LogP contribution in [0.4, 0.5) is 5.69 Å². The van der Waals surface area contributed by atoms with Crippen LogP contribution in [-0.2, 0) is 17.1 Å². The molecule has 9 heteroatoms. The molecule has 0 spiro atoms. The molecular formula is C14H17N3O5S. The van der Waals surface area contributed by atoms with Crippen molar-refractivity contribution in [3.05, 3.63) is 35.7 Å². The van der Waals surface area contributed by atoms with Crippen LogP contribution < -0.4 is 4.31 Å². The Morgan fingerprint density at radius 1 is 1.39 bits per heavy atom. The van der Waals surface area contributed by atoms with Gasteiger partial charge < -0.3 is 10.2 Å². The van der Waals surface area contributed by atoms with E-state index in [1.807, 2.05) is 0 Å². The minimum Gasteiger partial charge on any atom is -0.506 e. The monoisotopic (exact) mass is 339 g/mol. The number of phenols is 1. The molecule has 0 saturated carbocycles. The van der Waals surface area contributed by atoms with Crippen molar-refractivity contribution in [3.8, 4) is 5.75 Å². The maximum Gasteiger partial charge on any atom is 0.339 e. The van der Waals surface area contributed by atoms with Crippen molar-refractivity contribution in [2.75, 3.05) is 10.8 Å². The first-order valence-corrected chi connectivity index (χ1v) is 8.20. The average Bonchev–Trinajstić information content (AvgIpc) is 2.87. The predicted octanol–water partition coefficient (Wildman–Crippen LogP) is 1.35. The maximum atomic E-state index is 12.9. The summed E-state index contributed by atoms with van der Waals surface area (Å²) in [6.45, 7) is 3.30. The van der Waals surface area contributed by atoms with Gasteiger partial charge in [-0.25, -0.2) is 13.2 Å². The SMILES string of the molecule is CCN(c1cnn(C)c1)S(=O)(=O)c1cc(C)cc(C(=O)O)c1O. The topological polar surface area (TPSA) is 113 Å². The molecule has 0 unspecified atom stereocenters. The lowest BCUT2D eigenvalue weighted by molar-refractivity contribution is 0.0693. The first-order valence-electron chi connectivity index (χ1n) is 6.76. The molecule has 0 bridgehead atoms. The van der Waals surface area contributed by atoms with Gasteiger partial charge in [-0.2, -0.15) is 5.10 Å². The highest BCUT2D eigenvalue weighted by Gasteiger charge is 2.30. The van der Waals surface area contributed by atoms with Gasteiger partial charge in [0.15, 0.2) is 5.75 Å². The van der Waals surface area contributed by atoms with Crippen LogP contribution in [0.25, 0.3) is 0 Å². The molecule has 23 heavy (non-hydrogen) atoms. The third-order valence-electron chi connectivity index (χ3n) is 3.28. The normalized spacial score (nSPS) is 11.4. The number of aromatic carboxylic acids is 1. The van der Waals surface area contributed by atoms with Crippen molar-refractivity contribution in [2.24, 2.45) is 7.05 Å². The molecule has 0 aliphatic heterocycles. The minimum atomic E-state index is -4.13. The van der Waals surface area contributed by atoms with Gasteiger partial charge in [0, 0.05) is 19.8 Å². The Kier molecular flexibility index (Phi) is 4.33. The molecule has 8 nitrogen and oxygen atoms in total. The molecule has 2 aromatic rings. The van der Waals surface area contributed by atoms with Gasteiger partial charge in [-0.1, -0.05) is 0 Å². The molecule has 124 valence electrons. The number of aromatic hydroxyl groups is 1. The van der Waals surface area contributed by atoms with E-state index in [4.69, 9.17) is 5.11 Å². The second kappa shape index (κ2) is 5.92. The lowest BCUT2D eigenvalue weighted by atomic mass is 10.1. The molecule has 0 fully saturated rings. The fourth-order valence-electron chi connectivity index (χ4n) is 2.25. The molecule has 2 rings (SSSR count). The van der Waals surface area contributed by atoms with E-state index in [-0.39, 0.29) is 6.54 Å². The first kappa shape index (κ1) is 16.8. The standard InChI is InChI=1S/C14H17N3O5S/c1-4-17(10-7-15-16(3)8-10)23(21,22)12-6-9(2)5-11(13(12)18)14(19)20/h5-8,18H,4H2,1-3H3,(H,19,20). The van der Waals surface area contributed by atoms with Gasteiger partial charge in [-0.15, -0.1) is 0 Å². The van der Waals surface area contributed by atoms with Crippen molar-refractivity contribution in [3.63, 3.8) is 0 Å². The largest absolute Gasteiger partial charge is 0.506 e. The van der Waals surface area contributed by atoms with Crippen molar-refractivity contribution >= 4 is 21.7 Å². The number of hydrogen-bond acceptors (Lipinski definition) is 5. The number of nitrogens with zero attached hydrogens (tertiary/aromatic N) is 3. The molecule has 0 amide bonds. The number of rotatable bonds is 5. The highest BCUT2D eigenvalue weighted by Crippen LogP contribution is 2.32. The molecule has 0 aliphatic rings. The zero-order valence-corrected chi connectivity index (χ0v) is 13.7. The number of carboxylic acids is 1. The van der Waals surface area contributed by atoms with E-state index in [0.717, 1.165) is 4.31 Å². The molecule has 0 aliphatic carbocycles. The summed E-state index contributed by atoms with van der Waals surface area (Å²) >= 11 is 0. The average molecular weight is 339 g/mol. The number of benzene rings is 1. The zero-order chi connectivity index (χ0) is 17.4. The summed E-state index contributed by atoms with van der Waals surface area (Å²) < 4.78 is 28.2. The van der Waals surface area contributed by atoms with Gasteiger partial charge in [0.2, 0.25) is 0 Å². The Hall–Kier alpha value is -2.55. The number of carbonyl (C=O) groups is 1. The first-order chi connectivity index (χ1) is 10.7. The number of aryl methyl sites for hydroxylation is 2. The van der Waals surface area contributed by atoms with Crippen molar-refractivity contribution in [2.45, 2.75) is 18.7 Å². The lowest BCUT2D eigenvalue weighted by Gasteiger charge is -2.22. The summed E-state index contributed by atoms with van der Waals surface area (Å²) in [5.74, 6) is -2.17. The van der Waals surface area contributed by atoms with E-state index in [1.54, 1.807) is 20.9 Å². The van der Waals surface area contributed by atoms with Crippen molar-refractivity contribution in [1.82, 2.24) is 9.78 Å². The fourth-order valence-corrected chi connectivity index (χ4v) is 3.89. The van der Waals surface area contributed by atoms with Gasteiger partial charge in [0.1, 0.15) is 10.5 Å². The van der Waals surface area contributed by atoms with E-state index in [0.29, 0.717) is 11.3 Å². The van der Waals surface area contributed by atoms with Crippen LogP contribution in [0.1, 0.15) is 22.8 Å². The number of hydrogen-bond donors (Lipinski definition) is 2. The lowest BCUT2D eigenvalue weighted by Crippen LogP contribution is -2.30. The van der Waals surface area contributed by atoms with Crippen molar-refractivity contribution < 1.29 is 23.4 Å². The third-order valence-corrected chi connectivity index (χ3v) is 5.20. The zero-order valence-electron chi connectivity index (χ0n) is 12.9. The Morgan fingerprint density at radius 3 is 2.52 bits per heavy atom. The van der Waals surface area contributed by atoms with E-state index in [1.165, 1.54) is 29.2 Å². The number of carboxylic acid groups (broad SMARTS) is 1. The predicted molar refractivity (Wildman–Crippen MR) is 83.2 cm³/mol. The summed E-state index contributed by atoms with van der Waals surface area (Å²) in [4.78, 5) is 10.7. The number of anilines is 1. The van der Waals surface area contributed by atoms with Crippen LogP contribution in [0.15, 0.2) is 29.4 Å². The summed E-state index contributed by atoms with van der Waals surface area (Å²) in [6, 6.07) is 2.47. The molecule has 0 saturated heterocycles. The van der Waals surface area contributed by atoms with E-state index in [9.17, 15) is 18.3 Å². The van der Waals surface area contributed by atoms with Gasteiger partial charge in [0.25, 0.3) is 10.0 Å².